The van der Waals surface area contributed by atoms with Crippen LogP contribution < -0.4 is 5.32 Å². The van der Waals surface area contributed by atoms with Gasteiger partial charge >= 0.3 is 6.03 Å². The first-order valence-corrected chi connectivity index (χ1v) is 7.25. The van der Waals surface area contributed by atoms with Crippen molar-refractivity contribution in [2.45, 2.75) is 18.9 Å². The number of rotatable bonds is 4. The van der Waals surface area contributed by atoms with Crippen LogP contribution in [-0.4, -0.2) is 55.0 Å². The van der Waals surface area contributed by atoms with E-state index in [4.69, 9.17) is 0 Å². The average molecular weight is 281 g/mol. The zero-order chi connectivity index (χ0) is 13.8. The monoisotopic (exact) mass is 281 g/mol. The quantitative estimate of drug-likeness (QED) is 0.900. The van der Waals surface area contributed by atoms with E-state index >= 15 is 0 Å². The van der Waals surface area contributed by atoms with Crippen molar-refractivity contribution in [1.82, 2.24) is 15.1 Å². The molecule has 19 heavy (non-hydrogen) atoms. The fourth-order valence-corrected chi connectivity index (χ4v) is 2.75. The third kappa shape index (κ3) is 3.47. The first-order valence-electron chi connectivity index (χ1n) is 6.37. The van der Waals surface area contributed by atoms with Crippen molar-refractivity contribution < 1.29 is 9.59 Å². The molecule has 2 rings (SSSR count). The molecule has 0 radical (unpaired) electrons. The highest BCUT2D eigenvalue weighted by molar-refractivity contribution is 7.09. The van der Waals surface area contributed by atoms with Crippen molar-refractivity contribution in [3.05, 3.63) is 22.4 Å². The first-order chi connectivity index (χ1) is 9.08. The summed E-state index contributed by atoms with van der Waals surface area (Å²) in [6.07, 6.45) is 1.54. The van der Waals surface area contributed by atoms with E-state index in [-0.39, 0.29) is 18.0 Å². The summed E-state index contributed by atoms with van der Waals surface area (Å²) in [7, 11) is 3.51. The van der Waals surface area contributed by atoms with Crippen LogP contribution in [0, 0.1) is 0 Å². The van der Waals surface area contributed by atoms with Crippen LogP contribution in [0.1, 0.15) is 11.3 Å². The first kappa shape index (κ1) is 13.9. The molecule has 1 saturated heterocycles. The fourth-order valence-electron chi connectivity index (χ4n) is 2.05. The summed E-state index contributed by atoms with van der Waals surface area (Å²) >= 11 is 1.69. The van der Waals surface area contributed by atoms with Gasteiger partial charge in [0, 0.05) is 32.1 Å². The molecule has 0 spiro atoms. The lowest BCUT2D eigenvalue weighted by atomic mass is 10.2. The molecular weight excluding hydrogens is 262 g/mol. The molecule has 0 aliphatic carbocycles. The van der Waals surface area contributed by atoms with Crippen LogP contribution >= 0.6 is 11.3 Å². The van der Waals surface area contributed by atoms with Crippen molar-refractivity contribution in [2.75, 3.05) is 27.2 Å². The number of carbonyl (C=O) groups excluding carboxylic acids is 2. The van der Waals surface area contributed by atoms with Gasteiger partial charge in [0.15, 0.2) is 0 Å². The second-order valence-electron chi connectivity index (χ2n) is 4.80. The summed E-state index contributed by atoms with van der Waals surface area (Å²) in [5.41, 5.74) is 0. The smallest absolute Gasteiger partial charge is 0.317 e. The van der Waals surface area contributed by atoms with Gasteiger partial charge in [0.25, 0.3) is 0 Å². The van der Waals surface area contributed by atoms with Crippen molar-refractivity contribution in [2.24, 2.45) is 0 Å². The van der Waals surface area contributed by atoms with Gasteiger partial charge in [-0.05, 0) is 24.3 Å². The third-order valence-electron chi connectivity index (χ3n) is 3.35. The molecule has 0 aromatic carbocycles. The van der Waals surface area contributed by atoms with Gasteiger partial charge in [-0.2, -0.15) is 0 Å². The predicted molar refractivity (Wildman–Crippen MR) is 75.2 cm³/mol. The van der Waals surface area contributed by atoms with Gasteiger partial charge in [-0.3, -0.25) is 4.79 Å². The topological polar surface area (TPSA) is 52.7 Å². The van der Waals surface area contributed by atoms with Crippen molar-refractivity contribution >= 4 is 23.3 Å². The van der Waals surface area contributed by atoms with Crippen molar-refractivity contribution in [3.8, 4) is 0 Å². The molecule has 5 nitrogen and oxygen atoms in total. The molecule has 1 N–H and O–H groups in total. The largest absolute Gasteiger partial charge is 0.344 e. The maximum atomic E-state index is 12.0. The van der Waals surface area contributed by atoms with Crippen LogP contribution in [-0.2, 0) is 11.2 Å². The predicted octanol–water partition coefficient (Wildman–Crippen LogP) is 1.16. The molecule has 2 heterocycles. The SMILES string of the molecule is CN(CCc1cccs1)C(=O)N[C@@H]1CCN(C)C1=O. The maximum absolute atomic E-state index is 12.0. The standard InChI is InChI=1S/C13H19N3O2S/c1-15-8-6-11(12(15)17)14-13(18)16(2)7-5-10-4-3-9-19-10/h3-4,9,11H,5-8H2,1-2H3,(H,14,18)/t11-/m1/s1. The lowest BCUT2D eigenvalue weighted by Gasteiger charge is -2.20. The number of likely N-dealkylation sites (tertiary alicyclic amines) is 1. The Hall–Kier alpha value is -1.56. The second kappa shape index (κ2) is 6.06. The van der Waals surface area contributed by atoms with E-state index in [1.54, 1.807) is 35.2 Å². The van der Waals surface area contributed by atoms with E-state index in [0.29, 0.717) is 19.5 Å². The fraction of sp³-hybridized carbons (Fsp3) is 0.538. The molecule has 6 heteroatoms. The minimum absolute atomic E-state index is 0.00000630. The molecule has 1 aromatic heterocycles. The van der Waals surface area contributed by atoms with Crippen molar-refractivity contribution in [1.29, 1.82) is 0 Å². The summed E-state index contributed by atoms with van der Waals surface area (Å²) in [5, 5.41) is 4.82. The van der Waals surface area contributed by atoms with Gasteiger partial charge in [0.05, 0.1) is 0 Å². The Balaban J connectivity index is 1.78. The molecule has 1 aromatic rings. The van der Waals surface area contributed by atoms with Gasteiger partial charge < -0.3 is 15.1 Å². The molecule has 1 fully saturated rings. The third-order valence-corrected chi connectivity index (χ3v) is 4.28. The highest BCUT2D eigenvalue weighted by Crippen LogP contribution is 2.11. The number of thiophene rings is 1. The van der Waals surface area contributed by atoms with E-state index in [1.165, 1.54) is 4.88 Å². The zero-order valence-corrected chi connectivity index (χ0v) is 12.1. The van der Waals surface area contributed by atoms with Gasteiger partial charge in [0.1, 0.15) is 6.04 Å². The summed E-state index contributed by atoms with van der Waals surface area (Å²) < 4.78 is 0. The summed E-state index contributed by atoms with van der Waals surface area (Å²) in [6.45, 7) is 1.37. The van der Waals surface area contributed by atoms with E-state index < -0.39 is 0 Å². The number of nitrogens with zero attached hydrogens (tertiary/aromatic N) is 2. The molecule has 0 bridgehead atoms. The van der Waals surface area contributed by atoms with Crippen LogP contribution in [0.5, 0.6) is 0 Å². The van der Waals surface area contributed by atoms with Crippen LogP contribution in [0.2, 0.25) is 0 Å². The second-order valence-corrected chi connectivity index (χ2v) is 5.83. The number of nitrogens with one attached hydrogen (secondary N) is 1. The summed E-state index contributed by atoms with van der Waals surface area (Å²) in [5.74, 6) is 0.00000630. The number of likely N-dealkylation sites (N-methyl/N-ethyl adjacent to an activating group) is 2. The Morgan fingerprint density at radius 3 is 3.00 bits per heavy atom. The summed E-state index contributed by atoms with van der Waals surface area (Å²) in [4.78, 5) is 28.2. The van der Waals surface area contributed by atoms with Gasteiger partial charge in [0.2, 0.25) is 5.91 Å². The Kier molecular flexibility index (Phi) is 4.42. The Bertz CT molecular complexity index is 447. The number of urea groups is 1. The van der Waals surface area contributed by atoms with Crippen LogP contribution in [0.15, 0.2) is 17.5 Å². The number of carbonyl (C=O) groups is 2. The minimum atomic E-state index is -0.360. The average Bonchev–Trinajstić information content (AvgIpc) is 3.01. The lowest BCUT2D eigenvalue weighted by Crippen LogP contribution is -2.46. The molecule has 104 valence electrons. The molecular formula is C13H19N3O2S. The molecule has 1 aliphatic rings. The molecule has 0 unspecified atom stereocenters. The Morgan fingerprint density at radius 1 is 1.63 bits per heavy atom. The van der Waals surface area contributed by atoms with Crippen molar-refractivity contribution in [3.63, 3.8) is 0 Å². The zero-order valence-electron chi connectivity index (χ0n) is 11.3. The maximum Gasteiger partial charge on any atom is 0.317 e. The Morgan fingerprint density at radius 2 is 2.42 bits per heavy atom. The van der Waals surface area contributed by atoms with Crippen LogP contribution in [0.4, 0.5) is 4.79 Å². The molecule has 1 atom stereocenters. The van der Waals surface area contributed by atoms with E-state index in [9.17, 15) is 9.59 Å². The van der Waals surface area contributed by atoms with Gasteiger partial charge in [-0.25, -0.2) is 4.79 Å². The Labute approximate surface area is 117 Å². The highest BCUT2D eigenvalue weighted by atomic mass is 32.1. The molecule has 0 saturated carbocycles. The van der Waals surface area contributed by atoms with E-state index in [2.05, 4.69) is 11.4 Å². The normalized spacial score (nSPS) is 18.7. The van der Waals surface area contributed by atoms with Gasteiger partial charge in [-0.1, -0.05) is 6.07 Å². The lowest BCUT2D eigenvalue weighted by molar-refractivity contribution is -0.128. The number of amides is 3. The minimum Gasteiger partial charge on any atom is -0.344 e. The van der Waals surface area contributed by atoms with Crippen LogP contribution in [0.3, 0.4) is 0 Å². The molecule has 3 amide bonds. The number of hydrogen-bond donors (Lipinski definition) is 1. The number of hydrogen-bond acceptors (Lipinski definition) is 3. The van der Waals surface area contributed by atoms with Gasteiger partial charge in [-0.15, -0.1) is 11.3 Å². The summed E-state index contributed by atoms with van der Waals surface area (Å²) in [6, 6.07) is 3.53. The molecule has 1 aliphatic heterocycles. The van der Waals surface area contributed by atoms with E-state index in [1.807, 2.05) is 11.4 Å². The van der Waals surface area contributed by atoms with E-state index in [0.717, 1.165) is 6.42 Å². The van der Waals surface area contributed by atoms with Crippen LogP contribution in [0.25, 0.3) is 0 Å². The highest BCUT2D eigenvalue weighted by Gasteiger charge is 2.30.